The first kappa shape index (κ1) is 37.6. The van der Waals surface area contributed by atoms with Gasteiger partial charge >= 0.3 is 6.03 Å². The zero-order chi connectivity index (χ0) is 39.4. The number of fused-ring (bicyclic) bond motifs is 1. The minimum atomic E-state index is -2.36. The van der Waals surface area contributed by atoms with Crippen LogP contribution >= 0.6 is 0 Å². The summed E-state index contributed by atoms with van der Waals surface area (Å²) in [6.45, 7) is 6.15. The predicted molar refractivity (Wildman–Crippen MR) is 225 cm³/mol. The first-order chi connectivity index (χ1) is 26.9. The molecule has 284 valence electrons. The maximum Gasteiger partial charge on any atom is 0.324 e. The van der Waals surface area contributed by atoms with Crippen LogP contribution in [0.3, 0.4) is 0 Å². The van der Waals surface area contributed by atoms with Crippen LogP contribution in [0, 0.1) is 6.92 Å². The van der Waals surface area contributed by atoms with Gasteiger partial charge in [-0.3, -0.25) is 5.32 Å². The van der Waals surface area contributed by atoms with Crippen molar-refractivity contribution in [2.75, 3.05) is 35.6 Å². The van der Waals surface area contributed by atoms with Crippen molar-refractivity contribution in [3.05, 3.63) is 133 Å². The van der Waals surface area contributed by atoms with Crippen molar-refractivity contribution in [2.24, 2.45) is 4.36 Å². The summed E-state index contributed by atoms with van der Waals surface area (Å²) in [5, 5.41) is 15.5. The number of amides is 2. The van der Waals surface area contributed by atoms with Crippen LogP contribution in [-0.2, 0) is 9.73 Å². The number of rotatable bonds is 11. The van der Waals surface area contributed by atoms with Gasteiger partial charge in [0.25, 0.3) is 5.88 Å². The molecule has 0 saturated heterocycles. The molecule has 3 N–H and O–H groups in total. The number of hydrogen-bond acceptors (Lipinski definition) is 9. The molecule has 5 aromatic carbocycles. The molecule has 0 spiro atoms. The lowest BCUT2D eigenvalue weighted by molar-refractivity contribution is 0.262. The van der Waals surface area contributed by atoms with E-state index in [1.807, 2.05) is 110 Å². The lowest BCUT2D eigenvalue weighted by Crippen LogP contribution is -2.21. The van der Waals surface area contributed by atoms with Crippen molar-refractivity contribution in [2.45, 2.75) is 26.7 Å². The lowest BCUT2D eigenvalue weighted by atomic mass is 10.0. The Kier molecular flexibility index (Phi) is 10.7. The van der Waals surface area contributed by atoms with Gasteiger partial charge in [0.05, 0.1) is 36.1 Å². The van der Waals surface area contributed by atoms with Crippen LogP contribution in [0.5, 0.6) is 17.4 Å². The molecular weight excluding hydrogens is 725 g/mol. The van der Waals surface area contributed by atoms with E-state index in [4.69, 9.17) is 14.6 Å². The Labute approximate surface area is 326 Å². The molecule has 0 fully saturated rings. The van der Waals surface area contributed by atoms with Gasteiger partial charge < -0.3 is 20.1 Å². The van der Waals surface area contributed by atoms with E-state index in [9.17, 15) is 9.00 Å². The first-order valence-corrected chi connectivity index (χ1v) is 20.3. The second-order valence-electron chi connectivity index (χ2n) is 13.8. The maximum atomic E-state index is 13.5. The molecule has 2 amide bonds. The standard InChI is InChI=1S/C43H42N8O4S/c1-27(2)37-25-40(51(49-37)31-20-18-28(3)19-21-31)47-43(52)46-35-22-23-38(34-16-8-7-15-33(34)35)55-41-39(54-4)26-44-42(48-41)45-30-13-11-12-29(24-30)32-14-9-10-17-36(32)50-56(5,6)53/h7-27H,1-6H3,(H,44,45,48)(H2,46,47,52). The largest absolute Gasteiger partial charge is 0.490 e. The number of nitrogens with one attached hydrogen (secondary N) is 3. The average Bonchev–Trinajstić information content (AvgIpc) is 3.60. The van der Waals surface area contributed by atoms with Crippen molar-refractivity contribution in [1.82, 2.24) is 19.7 Å². The van der Waals surface area contributed by atoms with Gasteiger partial charge in [-0.25, -0.2) is 18.7 Å². The van der Waals surface area contributed by atoms with Crippen LogP contribution in [0.25, 0.3) is 27.6 Å². The number of aromatic nitrogens is 4. The summed E-state index contributed by atoms with van der Waals surface area (Å²) in [5.74, 6) is 2.03. The summed E-state index contributed by atoms with van der Waals surface area (Å²) in [7, 11) is -0.839. The number of anilines is 4. The van der Waals surface area contributed by atoms with Crippen LogP contribution < -0.4 is 25.4 Å². The highest BCUT2D eigenvalue weighted by Crippen LogP contribution is 2.38. The second-order valence-corrected chi connectivity index (χ2v) is 16.3. The zero-order valence-electron chi connectivity index (χ0n) is 31.9. The van der Waals surface area contributed by atoms with Crippen molar-refractivity contribution >= 4 is 55.4 Å². The van der Waals surface area contributed by atoms with E-state index in [2.05, 4.69) is 44.1 Å². The number of ether oxygens (including phenoxy) is 2. The van der Waals surface area contributed by atoms with Crippen molar-refractivity contribution < 1.29 is 18.5 Å². The van der Waals surface area contributed by atoms with Gasteiger partial charge in [-0.1, -0.05) is 86.1 Å². The fourth-order valence-electron chi connectivity index (χ4n) is 6.05. The Morgan fingerprint density at radius 3 is 2.34 bits per heavy atom. The Hall–Kier alpha value is -6.73. The van der Waals surface area contributed by atoms with E-state index in [1.165, 1.54) is 13.3 Å². The number of carbonyl (C=O) groups excluding carboxylic acids is 1. The van der Waals surface area contributed by atoms with E-state index in [0.717, 1.165) is 44.5 Å². The maximum absolute atomic E-state index is 13.5. The molecule has 0 aliphatic heterocycles. The number of methoxy groups -OCH3 is 1. The van der Waals surface area contributed by atoms with Crippen LogP contribution in [0.4, 0.5) is 33.6 Å². The SMILES string of the molecule is COc1cnc(Nc2cccc(-c3ccccc3N=S(C)(C)=O)c2)nc1Oc1ccc(NC(=O)Nc2cc(C(C)C)nn2-c2ccc(C)cc2)c2ccccc12. The van der Waals surface area contributed by atoms with Crippen LogP contribution in [-0.4, -0.2) is 49.6 Å². The Balaban J connectivity index is 1.13. The lowest BCUT2D eigenvalue weighted by Gasteiger charge is -2.15. The third-order valence-corrected chi connectivity index (χ3v) is 9.41. The molecule has 12 nitrogen and oxygen atoms in total. The third-order valence-electron chi connectivity index (χ3n) is 8.77. The van der Waals surface area contributed by atoms with Gasteiger partial charge in [-0.05, 0) is 60.9 Å². The highest BCUT2D eigenvalue weighted by molar-refractivity contribution is 7.92. The van der Waals surface area contributed by atoms with Crippen LogP contribution in [0.15, 0.2) is 126 Å². The quantitative estimate of drug-likeness (QED) is 0.118. The Morgan fingerprint density at radius 1 is 0.839 bits per heavy atom. The highest BCUT2D eigenvalue weighted by Gasteiger charge is 2.18. The topological polar surface area (TPSA) is 145 Å². The number of urea groups is 1. The van der Waals surface area contributed by atoms with Gasteiger partial charge in [-0.15, -0.1) is 0 Å². The van der Waals surface area contributed by atoms with E-state index in [1.54, 1.807) is 29.3 Å². The van der Waals surface area contributed by atoms with Gasteiger partial charge in [-0.2, -0.15) is 14.4 Å². The number of nitrogens with zero attached hydrogens (tertiary/aromatic N) is 5. The summed E-state index contributed by atoms with van der Waals surface area (Å²) in [5.41, 5.74) is 6.53. The van der Waals surface area contributed by atoms with Crippen LogP contribution in [0.1, 0.15) is 31.0 Å². The molecule has 13 heteroatoms. The monoisotopic (exact) mass is 766 g/mol. The first-order valence-electron chi connectivity index (χ1n) is 17.9. The molecule has 7 rings (SSSR count). The summed E-state index contributed by atoms with van der Waals surface area (Å²) >= 11 is 0. The second kappa shape index (κ2) is 15.9. The minimum Gasteiger partial charge on any atom is -0.490 e. The fraction of sp³-hybridized carbons (Fsp3) is 0.163. The number of benzene rings is 5. The number of hydrogen-bond donors (Lipinski definition) is 3. The van der Waals surface area contributed by atoms with E-state index in [0.29, 0.717) is 28.7 Å². The smallest absolute Gasteiger partial charge is 0.324 e. The fourth-order valence-corrected chi connectivity index (χ4v) is 6.69. The van der Waals surface area contributed by atoms with Gasteiger partial charge in [0.15, 0.2) is 5.75 Å². The van der Waals surface area contributed by atoms with Gasteiger partial charge in [0.1, 0.15) is 11.6 Å². The Morgan fingerprint density at radius 2 is 1.59 bits per heavy atom. The molecule has 56 heavy (non-hydrogen) atoms. The number of carbonyl (C=O) groups is 1. The molecule has 0 saturated carbocycles. The van der Waals surface area contributed by atoms with E-state index < -0.39 is 15.8 Å². The predicted octanol–water partition coefficient (Wildman–Crippen LogP) is 10.5. The highest BCUT2D eigenvalue weighted by atomic mass is 32.2. The number of aryl methyl sites for hydroxylation is 1. The zero-order valence-corrected chi connectivity index (χ0v) is 32.7. The molecule has 0 aliphatic rings. The van der Waals surface area contributed by atoms with E-state index in [-0.39, 0.29) is 17.7 Å². The molecule has 2 heterocycles. The van der Waals surface area contributed by atoms with Crippen molar-refractivity contribution in [3.8, 4) is 34.2 Å². The summed E-state index contributed by atoms with van der Waals surface area (Å²) < 4.78 is 30.7. The molecule has 0 unspecified atom stereocenters. The molecule has 0 bridgehead atoms. The van der Waals surface area contributed by atoms with Crippen LogP contribution in [0.2, 0.25) is 0 Å². The summed E-state index contributed by atoms with van der Waals surface area (Å²) in [6.07, 6.45) is 4.77. The Bertz CT molecular complexity index is 2680. The molecule has 7 aromatic rings. The molecule has 0 atom stereocenters. The average molecular weight is 767 g/mol. The summed E-state index contributed by atoms with van der Waals surface area (Å²) in [6, 6.07) is 35.9. The van der Waals surface area contributed by atoms with E-state index >= 15 is 0 Å². The minimum absolute atomic E-state index is 0.169. The van der Waals surface area contributed by atoms with Crippen molar-refractivity contribution in [3.63, 3.8) is 0 Å². The van der Waals surface area contributed by atoms with Gasteiger partial charge in [0.2, 0.25) is 5.95 Å². The summed E-state index contributed by atoms with van der Waals surface area (Å²) in [4.78, 5) is 22.6. The van der Waals surface area contributed by atoms with Gasteiger partial charge in [0, 0.05) is 50.3 Å². The molecule has 0 aliphatic carbocycles. The molecular formula is C43H42N8O4S. The third kappa shape index (κ3) is 8.63. The normalized spacial score (nSPS) is 11.3. The molecule has 2 aromatic heterocycles. The molecule has 0 radical (unpaired) electrons. The van der Waals surface area contributed by atoms with Crippen molar-refractivity contribution in [1.29, 1.82) is 0 Å².